The molecule has 0 atom stereocenters. The van der Waals surface area contributed by atoms with Crippen molar-refractivity contribution in [2.75, 3.05) is 24.3 Å². The normalized spacial score (nSPS) is 10.2. The molecule has 0 aromatic heterocycles. The van der Waals surface area contributed by atoms with Crippen LogP contribution in [0, 0.1) is 5.82 Å². The van der Waals surface area contributed by atoms with Gasteiger partial charge in [0.25, 0.3) is 0 Å². The molecule has 4 nitrogen and oxygen atoms in total. The first-order valence-corrected chi connectivity index (χ1v) is 7.49. The molecule has 0 aliphatic carbocycles. The Labute approximate surface area is 140 Å². The van der Waals surface area contributed by atoms with Crippen LogP contribution in [0.1, 0.15) is 0 Å². The predicted molar refractivity (Wildman–Crippen MR) is 89.2 cm³/mol. The monoisotopic (exact) mass is 386 g/mol. The Hall–Kier alpha value is -1.79. The Morgan fingerprint density at radius 2 is 2.05 bits per heavy atom. The quantitative estimate of drug-likeness (QED) is 0.804. The fourth-order valence-electron chi connectivity index (χ4n) is 1.78. The van der Waals surface area contributed by atoms with Crippen LogP contribution in [0.15, 0.2) is 40.9 Å². The second-order valence-corrected chi connectivity index (χ2v) is 5.72. The fourth-order valence-corrected chi connectivity index (χ4v) is 2.28. The van der Waals surface area contributed by atoms with E-state index in [1.54, 1.807) is 24.3 Å². The fraction of sp³-hybridized carbons (Fsp3) is 0.133. The molecule has 0 bridgehead atoms. The number of methoxy groups -OCH3 is 1. The van der Waals surface area contributed by atoms with E-state index < -0.39 is 5.82 Å². The molecule has 22 heavy (non-hydrogen) atoms. The lowest BCUT2D eigenvalue weighted by Gasteiger charge is -2.12. The molecule has 0 radical (unpaired) electrons. The molecule has 2 rings (SSSR count). The molecule has 116 valence electrons. The second kappa shape index (κ2) is 7.47. The largest absolute Gasteiger partial charge is 0.495 e. The molecule has 1 amide bonds. The number of rotatable bonds is 5. The Morgan fingerprint density at radius 3 is 2.73 bits per heavy atom. The van der Waals surface area contributed by atoms with Gasteiger partial charge in [0.2, 0.25) is 5.91 Å². The summed E-state index contributed by atoms with van der Waals surface area (Å²) in [4.78, 5) is 11.9. The average Bonchev–Trinajstić information content (AvgIpc) is 2.48. The highest BCUT2D eigenvalue weighted by Gasteiger charge is 2.09. The number of hydrogen-bond donors (Lipinski definition) is 2. The van der Waals surface area contributed by atoms with Gasteiger partial charge in [-0.05, 0) is 36.4 Å². The van der Waals surface area contributed by atoms with Gasteiger partial charge in [0.05, 0.1) is 25.0 Å². The third-order valence-corrected chi connectivity index (χ3v) is 3.53. The van der Waals surface area contributed by atoms with E-state index in [-0.39, 0.29) is 18.1 Å². The SMILES string of the molecule is COc1ccc(Cl)cc1NCC(=O)Nc1ccc(Br)cc1F. The minimum atomic E-state index is -0.511. The summed E-state index contributed by atoms with van der Waals surface area (Å²) in [6.07, 6.45) is 0. The van der Waals surface area contributed by atoms with Gasteiger partial charge >= 0.3 is 0 Å². The second-order valence-electron chi connectivity index (χ2n) is 4.37. The Bertz CT molecular complexity index is 697. The van der Waals surface area contributed by atoms with E-state index in [1.165, 1.54) is 19.2 Å². The highest BCUT2D eigenvalue weighted by atomic mass is 79.9. The van der Waals surface area contributed by atoms with Gasteiger partial charge in [-0.2, -0.15) is 0 Å². The van der Waals surface area contributed by atoms with Crippen molar-refractivity contribution in [3.05, 3.63) is 51.7 Å². The van der Waals surface area contributed by atoms with Crippen LogP contribution in [-0.4, -0.2) is 19.6 Å². The Morgan fingerprint density at radius 1 is 1.27 bits per heavy atom. The standard InChI is InChI=1S/C15H13BrClFN2O2/c1-22-14-5-3-10(17)7-13(14)19-8-15(21)20-12-4-2-9(16)6-11(12)18/h2-7,19H,8H2,1H3,(H,20,21). The van der Waals surface area contributed by atoms with Crippen molar-refractivity contribution >= 4 is 44.8 Å². The van der Waals surface area contributed by atoms with Crippen molar-refractivity contribution in [1.29, 1.82) is 0 Å². The summed E-state index contributed by atoms with van der Waals surface area (Å²) < 4.78 is 19.4. The number of anilines is 2. The lowest BCUT2D eigenvalue weighted by atomic mass is 10.3. The molecule has 2 N–H and O–H groups in total. The van der Waals surface area contributed by atoms with Gasteiger partial charge in [0.1, 0.15) is 11.6 Å². The molecule has 0 aliphatic rings. The molecule has 0 heterocycles. The van der Waals surface area contributed by atoms with Crippen molar-refractivity contribution < 1.29 is 13.9 Å². The number of amides is 1. The minimum Gasteiger partial charge on any atom is -0.495 e. The number of ether oxygens (including phenoxy) is 1. The summed E-state index contributed by atoms with van der Waals surface area (Å²) in [5.74, 6) is -0.335. The van der Waals surface area contributed by atoms with Gasteiger partial charge in [-0.25, -0.2) is 4.39 Å². The molecule has 7 heteroatoms. The summed E-state index contributed by atoms with van der Waals surface area (Å²) in [5, 5.41) is 5.91. The number of carbonyl (C=O) groups excluding carboxylic acids is 1. The highest BCUT2D eigenvalue weighted by Crippen LogP contribution is 2.27. The Kier molecular flexibility index (Phi) is 5.63. The molecule has 0 saturated heterocycles. The van der Waals surface area contributed by atoms with Crippen LogP contribution >= 0.6 is 27.5 Å². The molecule has 2 aromatic carbocycles. The van der Waals surface area contributed by atoms with Gasteiger partial charge < -0.3 is 15.4 Å². The van der Waals surface area contributed by atoms with Crippen LogP contribution in [0.5, 0.6) is 5.75 Å². The first kappa shape index (κ1) is 16.6. The molecule has 0 aliphatic heterocycles. The molecule has 0 spiro atoms. The number of carbonyl (C=O) groups is 1. The van der Waals surface area contributed by atoms with Crippen LogP contribution in [0.25, 0.3) is 0 Å². The van der Waals surface area contributed by atoms with E-state index in [2.05, 4.69) is 26.6 Å². The zero-order chi connectivity index (χ0) is 16.1. The molecular weight excluding hydrogens is 375 g/mol. The van der Waals surface area contributed by atoms with E-state index in [4.69, 9.17) is 16.3 Å². The van der Waals surface area contributed by atoms with Gasteiger partial charge in [0.15, 0.2) is 0 Å². The van der Waals surface area contributed by atoms with E-state index in [0.717, 1.165) is 0 Å². The maximum atomic E-state index is 13.6. The van der Waals surface area contributed by atoms with Crippen molar-refractivity contribution in [1.82, 2.24) is 0 Å². The topological polar surface area (TPSA) is 50.4 Å². The summed E-state index contributed by atoms with van der Waals surface area (Å²) in [5.41, 5.74) is 0.703. The van der Waals surface area contributed by atoms with E-state index in [0.29, 0.717) is 20.9 Å². The zero-order valence-corrected chi connectivity index (χ0v) is 14.0. The van der Waals surface area contributed by atoms with Crippen molar-refractivity contribution in [2.45, 2.75) is 0 Å². The van der Waals surface area contributed by atoms with Crippen LogP contribution < -0.4 is 15.4 Å². The summed E-state index contributed by atoms with van der Waals surface area (Å²) in [7, 11) is 1.52. The maximum Gasteiger partial charge on any atom is 0.243 e. The third kappa shape index (κ3) is 4.35. The zero-order valence-electron chi connectivity index (χ0n) is 11.6. The van der Waals surface area contributed by atoms with Crippen LogP contribution in [-0.2, 0) is 4.79 Å². The third-order valence-electron chi connectivity index (χ3n) is 2.81. The van der Waals surface area contributed by atoms with Crippen molar-refractivity contribution in [3.63, 3.8) is 0 Å². The van der Waals surface area contributed by atoms with Crippen LogP contribution in [0.3, 0.4) is 0 Å². The summed E-state index contributed by atoms with van der Waals surface area (Å²) >= 11 is 9.06. The number of hydrogen-bond acceptors (Lipinski definition) is 3. The van der Waals surface area contributed by atoms with Gasteiger partial charge in [-0.3, -0.25) is 4.79 Å². The maximum absolute atomic E-state index is 13.6. The molecular formula is C15H13BrClFN2O2. The van der Waals surface area contributed by atoms with Crippen LogP contribution in [0.4, 0.5) is 15.8 Å². The number of nitrogens with one attached hydrogen (secondary N) is 2. The number of halogens is 3. The average molecular weight is 388 g/mol. The summed E-state index contributed by atoms with van der Waals surface area (Å²) in [6.45, 7) is -0.0494. The first-order chi connectivity index (χ1) is 10.5. The van der Waals surface area contributed by atoms with E-state index >= 15 is 0 Å². The van der Waals surface area contributed by atoms with Crippen molar-refractivity contribution in [3.8, 4) is 5.75 Å². The minimum absolute atomic E-state index is 0.0494. The van der Waals surface area contributed by atoms with Gasteiger partial charge in [-0.1, -0.05) is 27.5 Å². The number of benzene rings is 2. The van der Waals surface area contributed by atoms with Gasteiger partial charge in [-0.15, -0.1) is 0 Å². The van der Waals surface area contributed by atoms with E-state index in [1.807, 2.05) is 0 Å². The van der Waals surface area contributed by atoms with E-state index in [9.17, 15) is 9.18 Å². The molecule has 0 fully saturated rings. The first-order valence-electron chi connectivity index (χ1n) is 6.32. The molecule has 2 aromatic rings. The summed E-state index contributed by atoms with van der Waals surface area (Å²) in [6, 6.07) is 9.43. The molecule has 0 saturated carbocycles. The lowest BCUT2D eigenvalue weighted by molar-refractivity contribution is -0.114. The van der Waals surface area contributed by atoms with Gasteiger partial charge in [0, 0.05) is 9.50 Å². The Balaban J connectivity index is 2.00. The smallest absolute Gasteiger partial charge is 0.243 e. The predicted octanol–water partition coefficient (Wildman–Crippen LogP) is 4.30. The molecule has 0 unspecified atom stereocenters. The van der Waals surface area contributed by atoms with Crippen molar-refractivity contribution in [2.24, 2.45) is 0 Å². The van der Waals surface area contributed by atoms with Crippen LogP contribution in [0.2, 0.25) is 5.02 Å². The highest BCUT2D eigenvalue weighted by molar-refractivity contribution is 9.10. The lowest BCUT2D eigenvalue weighted by Crippen LogP contribution is -2.22.